The number of nitrogens with zero attached hydrogens (tertiary/aromatic N) is 2. The van der Waals surface area contributed by atoms with Crippen molar-refractivity contribution in [3.63, 3.8) is 0 Å². The first kappa shape index (κ1) is 23.2. The summed E-state index contributed by atoms with van der Waals surface area (Å²) in [5.41, 5.74) is 1.11. The number of nitrogens with one attached hydrogen (secondary N) is 2. The maximum Gasteiger partial charge on any atom is 0.416 e. The van der Waals surface area contributed by atoms with Crippen LogP contribution in [0.3, 0.4) is 0 Å². The van der Waals surface area contributed by atoms with Crippen LogP contribution in [0.25, 0.3) is 11.4 Å². The van der Waals surface area contributed by atoms with E-state index in [9.17, 15) is 22.5 Å². The van der Waals surface area contributed by atoms with Crippen molar-refractivity contribution >= 4 is 35.4 Å². The third kappa shape index (κ3) is 5.62. The molecule has 1 heterocycles. The lowest BCUT2D eigenvalue weighted by Gasteiger charge is -2.15. The van der Waals surface area contributed by atoms with Gasteiger partial charge in [-0.2, -0.15) is 13.2 Å². The summed E-state index contributed by atoms with van der Waals surface area (Å²) in [4.78, 5) is 20.3. The zero-order valence-electron chi connectivity index (χ0n) is 17.3. The highest BCUT2D eigenvalue weighted by Gasteiger charge is 2.30. The minimum atomic E-state index is -4.43. The zero-order valence-corrected chi connectivity index (χ0v) is 18.2. The average molecular weight is 460 g/mol. The lowest BCUT2D eigenvalue weighted by molar-refractivity contribution is -0.137. The molecule has 1 amide bonds. The van der Waals surface area contributed by atoms with E-state index in [-0.39, 0.29) is 5.82 Å². The Morgan fingerprint density at radius 2 is 1.62 bits per heavy atom. The summed E-state index contributed by atoms with van der Waals surface area (Å²) in [5.74, 6) is -0.125. The predicted molar refractivity (Wildman–Crippen MR) is 120 cm³/mol. The number of aromatic nitrogens is 2. The fourth-order valence-electron chi connectivity index (χ4n) is 2.75. The molecule has 0 aliphatic heterocycles. The van der Waals surface area contributed by atoms with Gasteiger partial charge in [-0.15, -0.1) is 0 Å². The Hall–Kier alpha value is -3.45. The second-order valence-electron chi connectivity index (χ2n) is 7.27. The van der Waals surface area contributed by atoms with E-state index in [1.807, 2.05) is 0 Å². The largest absolute Gasteiger partial charge is 0.416 e. The van der Waals surface area contributed by atoms with Gasteiger partial charge < -0.3 is 15.2 Å². The van der Waals surface area contributed by atoms with Gasteiger partial charge in [-0.05, 0) is 61.9 Å². The molecule has 0 saturated heterocycles. The van der Waals surface area contributed by atoms with Crippen LogP contribution in [0, 0.1) is 0 Å². The molecule has 0 unspecified atom stereocenters. The lowest BCUT2D eigenvalue weighted by atomic mass is 10.1. The van der Waals surface area contributed by atoms with Gasteiger partial charge in [0.05, 0.1) is 5.56 Å². The third-order valence-electron chi connectivity index (χ3n) is 4.46. The van der Waals surface area contributed by atoms with Crippen LogP contribution in [0.15, 0.2) is 67.5 Å². The van der Waals surface area contributed by atoms with E-state index in [1.54, 1.807) is 31.5 Å². The van der Waals surface area contributed by atoms with Crippen molar-refractivity contribution in [2.24, 2.45) is 0 Å². The molecule has 0 aliphatic rings. The van der Waals surface area contributed by atoms with Crippen LogP contribution >= 0.6 is 7.14 Å². The second kappa shape index (κ2) is 8.96. The molecule has 3 aromatic rings. The van der Waals surface area contributed by atoms with Gasteiger partial charge in [0.1, 0.15) is 7.14 Å². The van der Waals surface area contributed by atoms with E-state index < -0.39 is 24.8 Å². The van der Waals surface area contributed by atoms with Crippen molar-refractivity contribution in [3.8, 4) is 11.4 Å². The van der Waals surface area contributed by atoms with E-state index in [0.717, 1.165) is 18.2 Å². The molecule has 0 radical (unpaired) electrons. The van der Waals surface area contributed by atoms with E-state index in [4.69, 9.17) is 0 Å². The number of halogens is 3. The van der Waals surface area contributed by atoms with Crippen molar-refractivity contribution < 1.29 is 22.5 Å². The molecule has 0 bridgehead atoms. The Kier molecular flexibility index (Phi) is 6.50. The van der Waals surface area contributed by atoms with Crippen LogP contribution in [-0.2, 0) is 15.5 Å². The van der Waals surface area contributed by atoms with Crippen LogP contribution in [-0.4, -0.2) is 29.2 Å². The zero-order chi connectivity index (χ0) is 23.5. The maximum atomic E-state index is 12.8. The monoisotopic (exact) mass is 460 g/mol. The summed E-state index contributed by atoms with van der Waals surface area (Å²) < 4.78 is 50.7. The minimum absolute atomic E-state index is 0.284. The van der Waals surface area contributed by atoms with E-state index in [1.165, 1.54) is 24.5 Å². The second-order valence-corrected chi connectivity index (χ2v) is 10.5. The molecule has 0 fully saturated rings. The van der Waals surface area contributed by atoms with Crippen LogP contribution in [0.2, 0.25) is 0 Å². The summed E-state index contributed by atoms with van der Waals surface area (Å²) in [6.45, 7) is 6.62. The number of alkyl halides is 3. The number of carbonyl (C=O) groups is 1. The highest BCUT2D eigenvalue weighted by atomic mass is 31.2. The highest BCUT2D eigenvalue weighted by molar-refractivity contribution is 7.70. The summed E-state index contributed by atoms with van der Waals surface area (Å²) in [6, 6.07) is 9.48. The van der Waals surface area contributed by atoms with Gasteiger partial charge in [0.2, 0.25) is 5.91 Å². The predicted octanol–water partition coefficient (Wildman–Crippen LogP) is 5.28. The fourth-order valence-corrected chi connectivity index (χ4v) is 3.42. The van der Waals surface area contributed by atoms with Gasteiger partial charge in [0.25, 0.3) is 0 Å². The Morgan fingerprint density at radius 1 is 1.03 bits per heavy atom. The Labute approximate surface area is 183 Å². The van der Waals surface area contributed by atoms with Gasteiger partial charge in [-0.25, -0.2) is 9.97 Å². The summed E-state index contributed by atoms with van der Waals surface area (Å²) in [7, 11) is -2.55. The molecule has 0 atom stereocenters. The standard InChI is InChI=1S/C22H20F3N4O2P/c1-4-20(30)29-16-9-10-19(28-15-7-5-14(6-8-15)22(23,24)25)18(11-16)21-26-12-17(13-27-21)32(2,3)31/h4-13,28H,1H2,2-3H3,(H,29,30). The first-order valence-electron chi connectivity index (χ1n) is 9.37. The minimum Gasteiger partial charge on any atom is -0.355 e. The van der Waals surface area contributed by atoms with Crippen LogP contribution in [0.1, 0.15) is 5.56 Å². The number of hydrogen-bond acceptors (Lipinski definition) is 5. The molecular formula is C22H20F3N4O2P. The van der Waals surface area contributed by atoms with E-state index >= 15 is 0 Å². The number of benzene rings is 2. The topological polar surface area (TPSA) is 84.0 Å². The molecule has 3 rings (SSSR count). The van der Waals surface area contributed by atoms with Gasteiger partial charge in [0.15, 0.2) is 5.82 Å². The molecule has 2 aromatic carbocycles. The number of amides is 1. The molecule has 32 heavy (non-hydrogen) atoms. The van der Waals surface area contributed by atoms with Crippen LogP contribution in [0.4, 0.5) is 30.2 Å². The molecule has 6 nitrogen and oxygen atoms in total. The van der Waals surface area contributed by atoms with Crippen molar-refractivity contribution in [1.29, 1.82) is 0 Å². The lowest BCUT2D eigenvalue weighted by Crippen LogP contribution is -2.09. The number of rotatable bonds is 6. The Balaban J connectivity index is 2.00. The first-order valence-corrected chi connectivity index (χ1v) is 12.0. The molecule has 1 aromatic heterocycles. The first-order chi connectivity index (χ1) is 15.0. The van der Waals surface area contributed by atoms with Crippen molar-refractivity contribution in [2.75, 3.05) is 24.0 Å². The average Bonchev–Trinajstić information content (AvgIpc) is 2.74. The third-order valence-corrected chi connectivity index (χ3v) is 5.94. The SMILES string of the molecule is C=CC(=O)Nc1ccc(Nc2ccc(C(F)(F)F)cc2)c(-c2ncc(P(C)(C)=O)cn2)c1. The number of carbonyl (C=O) groups excluding carboxylic acids is 1. The van der Waals surface area contributed by atoms with Crippen molar-refractivity contribution in [2.45, 2.75) is 6.18 Å². The van der Waals surface area contributed by atoms with Crippen molar-refractivity contribution in [1.82, 2.24) is 9.97 Å². The maximum absolute atomic E-state index is 12.8. The molecule has 2 N–H and O–H groups in total. The Morgan fingerprint density at radius 3 is 2.16 bits per heavy atom. The van der Waals surface area contributed by atoms with E-state index in [0.29, 0.717) is 27.9 Å². The number of hydrogen-bond donors (Lipinski definition) is 2. The molecule has 0 saturated carbocycles. The van der Waals surface area contributed by atoms with Gasteiger partial charge in [-0.3, -0.25) is 4.79 Å². The summed E-state index contributed by atoms with van der Waals surface area (Å²) in [6.07, 6.45) is -0.359. The quantitative estimate of drug-likeness (QED) is 0.386. The molecule has 10 heteroatoms. The molecule has 166 valence electrons. The van der Waals surface area contributed by atoms with Crippen LogP contribution < -0.4 is 15.9 Å². The van der Waals surface area contributed by atoms with E-state index in [2.05, 4.69) is 27.2 Å². The summed E-state index contributed by atoms with van der Waals surface area (Å²) >= 11 is 0. The molecule has 0 aliphatic carbocycles. The molecule has 0 spiro atoms. The van der Waals surface area contributed by atoms with Gasteiger partial charge >= 0.3 is 6.18 Å². The van der Waals surface area contributed by atoms with Gasteiger partial charge in [-0.1, -0.05) is 6.58 Å². The normalized spacial score (nSPS) is 11.7. The van der Waals surface area contributed by atoms with Crippen molar-refractivity contribution in [3.05, 3.63) is 73.1 Å². The highest BCUT2D eigenvalue weighted by Crippen LogP contribution is 2.36. The summed E-state index contributed by atoms with van der Waals surface area (Å²) in [5, 5.41) is 6.21. The van der Waals surface area contributed by atoms with Crippen LogP contribution in [0.5, 0.6) is 0 Å². The number of anilines is 3. The molecular weight excluding hydrogens is 440 g/mol. The smallest absolute Gasteiger partial charge is 0.355 e. The van der Waals surface area contributed by atoms with Gasteiger partial charge in [0, 0.05) is 40.3 Å². The Bertz CT molecular complexity index is 1190. The fraction of sp³-hybridized carbons (Fsp3) is 0.136.